The van der Waals surface area contributed by atoms with Crippen molar-refractivity contribution in [3.63, 3.8) is 0 Å². The van der Waals surface area contributed by atoms with Crippen molar-refractivity contribution < 1.29 is 4.79 Å². The van der Waals surface area contributed by atoms with Crippen molar-refractivity contribution in [3.8, 4) is 0 Å². The predicted molar refractivity (Wildman–Crippen MR) is 52.3 cm³/mol. The molecule has 1 heterocycles. The average molecular weight is 185 g/mol. The molecule has 0 aromatic heterocycles. The molecule has 4 heteroatoms. The summed E-state index contributed by atoms with van der Waals surface area (Å²) in [5, 5.41) is 3.12. The number of nitrogens with one attached hydrogen (secondary N) is 1. The Morgan fingerprint density at radius 1 is 1.62 bits per heavy atom. The van der Waals surface area contributed by atoms with Crippen molar-refractivity contribution in [1.82, 2.24) is 15.1 Å². The lowest BCUT2D eigenvalue weighted by molar-refractivity contribution is -0.127. The minimum absolute atomic E-state index is 0.217. The molecule has 1 fully saturated rings. The molecule has 0 radical (unpaired) electrons. The average Bonchev–Trinajstić information content (AvgIpc) is 2.34. The van der Waals surface area contributed by atoms with Crippen LogP contribution in [0.25, 0.3) is 0 Å². The molecule has 0 aromatic carbocycles. The topological polar surface area (TPSA) is 35.6 Å². The first-order chi connectivity index (χ1) is 6.11. The van der Waals surface area contributed by atoms with E-state index in [4.69, 9.17) is 0 Å². The molecule has 1 amide bonds. The van der Waals surface area contributed by atoms with E-state index >= 15 is 0 Å². The van der Waals surface area contributed by atoms with Gasteiger partial charge in [0, 0.05) is 6.54 Å². The zero-order chi connectivity index (χ0) is 9.84. The summed E-state index contributed by atoms with van der Waals surface area (Å²) in [6.45, 7) is 4.44. The molecule has 0 spiro atoms. The molecule has 76 valence electrons. The zero-order valence-corrected chi connectivity index (χ0v) is 8.71. The summed E-state index contributed by atoms with van der Waals surface area (Å²) in [5.74, 6) is 0.228. The van der Waals surface area contributed by atoms with Gasteiger partial charge in [-0.15, -0.1) is 0 Å². The Hall–Kier alpha value is -0.610. The first kappa shape index (κ1) is 10.5. The molecule has 0 bridgehead atoms. The van der Waals surface area contributed by atoms with Crippen LogP contribution in [0.4, 0.5) is 0 Å². The normalized spacial score (nSPS) is 23.2. The van der Waals surface area contributed by atoms with E-state index in [0.29, 0.717) is 6.54 Å². The summed E-state index contributed by atoms with van der Waals surface area (Å²) < 4.78 is 0. The van der Waals surface area contributed by atoms with Crippen LogP contribution in [0.15, 0.2) is 0 Å². The van der Waals surface area contributed by atoms with Crippen LogP contribution < -0.4 is 5.32 Å². The van der Waals surface area contributed by atoms with Gasteiger partial charge in [0.05, 0.1) is 12.7 Å². The molecule has 1 unspecified atom stereocenters. The Balaban J connectivity index is 2.23. The van der Waals surface area contributed by atoms with E-state index in [1.54, 1.807) is 0 Å². The van der Waals surface area contributed by atoms with Gasteiger partial charge >= 0.3 is 0 Å². The third-order valence-corrected chi connectivity index (χ3v) is 2.34. The fourth-order valence-corrected chi connectivity index (χ4v) is 1.54. The third-order valence-electron chi connectivity index (χ3n) is 2.34. The molecule has 4 nitrogen and oxygen atoms in total. The molecule has 1 rings (SSSR count). The monoisotopic (exact) mass is 185 g/mol. The van der Waals surface area contributed by atoms with Crippen molar-refractivity contribution in [3.05, 3.63) is 0 Å². The highest BCUT2D eigenvalue weighted by Crippen LogP contribution is 2.04. The van der Waals surface area contributed by atoms with E-state index in [1.165, 1.54) is 0 Å². The number of nitrogens with zero attached hydrogens (tertiary/aromatic N) is 2. The van der Waals surface area contributed by atoms with Crippen LogP contribution in [-0.2, 0) is 4.79 Å². The zero-order valence-electron chi connectivity index (χ0n) is 8.71. The van der Waals surface area contributed by atoms with Crippen LogP contribution in [0.1, 0.15) is 13.3 Å². The van der Waals surface area contributed by atoms with E-state index in [1.807, 2.05) is 25.9 Å². The lowest BCUT2D eigenvalue weighted by Crippen LogP contribution is -2.36. The summed E-state index contributed by atoms with van der Waals surface area (Å²) in [4.78, 5) is 15.4. The van der Waals surface area contributed by atoms with E-state index in [-0.39, 0.29) is 12.1 Å². The minimum Gasteiger partial charge on any atom is -0.326 e. The Labute approximate surface area is 79.9 Å². The van der Waals surface area contributed by atoms with Crippen molar-refractivity contribution in [2.24, 2.45) is 0 Å². The van der Waals surface area contributed by atoms with E-state index in [2.05, 4.69) is 10.2 Å². The molecular formula is C9H19N3O. The van der Waals surface area contributed by atoms with Gasteiger partial charge in [0.1, 0.15) is 0 Å². The fraction of sp³-hybridized carbons (Fsp3) is 0.889. The molecule has 1 atom stereocenters. The summed E-state index contributed by atoms with van der Waals surface area (Å²) in [7, 11) is 4.10. The maximum absolute atomic E-state index is 11.3. The maximum atomic E-state index is 11.3. The van der Waals surface area contributed by atoms with E-state index < -0.39 is 0 Å². The van der Waals surface area contributed by atoms with Crippen LogP contribution in [0.3, 0.4) is 0 Å². The van der Waals surface area contributed by atoms with Gasteiger partial charge in [0.2, 0.25) is 5.91 Å². The molecule has 1 N–H and O–H groups in total. The summed E-state index contributed by atoms with van der Waals surface area (Å²) in [6.07, 6.45) is 1.26. The number of carbonyl (C=O) groups excluding carboxylic acids is 1. The van der Waals surface area contributed by atoms with Gasteiger partial charge < -0.3 is 9.80 Å². The standard InChI is InChI=1S/C9H19N3O/c1-8-10-7-9(13)12(8)6-4-5-11(2)3/h8,10H,4-7H2,1-3H3. The number of hydrogen-bond donors (Lipinski definition) is 1. The molecule has 0 saturated carbocycles. The van der Waals surface area contributed by atoms with Crippen molar-refractivity contribution in [1.29, 1.82) is 0 Å². The van der Waals surface area contributed by atoms with Crippen LogP contribution in [0.2, 0.25) is 0 Å². The highest BCUT2D eigenvalue weighted by molar-refractivity contribution is 5.80. The number of rotatable bonds is 4. The Kier molecular flexibility index (Phi) is 3.69. The second-order valence-corrected chi connectivity index (χ2v) is 3.80. The number of carbonyl (C=O) groups is 1. The van der Waals surface area contributed by atoms with Crippen LogP contribution in [0, 0.1) is 0 Å². The summed E-state index contributed by atoms with van der Waals surface area (Å²) >= 11 is 0. The molecule has 1 aliphatic rings. The van der Waals surface area contributed by atoms with Gasteiger partial charge in [-0.2, -0.15) is 0 Å². The molecule has 0 aromatic rings. The summed E-state index contributed by atoms with van der Waals surface area (Å²) in [5.41, 5.74) is 0. The largest absolute Gasteiger partial charge is 0.326 e. The highest BCUT2D eigenvalue weighted by Gasteiger charge is 2.25. The second kappa shape index (κ2) is 4.58. The second-order valence-electron chi connectivity index (χ2n) is 3.80. The van der Waals surface area contributed by atoms with Crippen molar-refractivity contribution in [2.75, 3.05) is 33.7 Å². The van der Waals surface area contributed by atoms with Crippen LogP contribution >= 0.6 is 0 Å². The molecule has 13 heavy (non-hydrogen) atoms. The molecule has 0 aliphatic carbocycles. The Morgan fingerprint density at radius 3 is 2.77 bits per heavy atom. The first-order valence-corrected chi connectivity index (χ1v) is 4.79. The highest BCUT2D eigenvalue weighted by atomic mass is 16.2. The van der Waals surface area contributed by atoms with Crippen LogP contribution in [-0.4, -0.2) is 55.6 Å². The van der Waals surface area contributed by atoms with Gasteiger partial charge in [-0.25, -0.2) is 0 Å². The van der Waals surface area contributed by atoms with Crippen molar-refractivity contribution in [2.45, 2.75) is 19.5 Å². The Morgan fingerprint density at radius 2 is 2.31 bits per heavy atom. The predicted octanol–water partition coefficient (Wildman–Crippen LogP) is -0.284. The maximum Gasteiger partial charge on any atom is 0.237 e. The smallest absolute Gasteiger partial charge is 0.237 e. The van der Waals surface area contributed by atoms with Gasteiger partial charge in [-0.05, 0) is 34.0 Å². The SMILES string of the molecule is CC1NCC(=O)N1CCCN(C)C. The molecular weight excluding hydrogens is 166 g/mol. The number of hydrogen-bond acceptors (Lipinski definition) is 3. The van der Waals surface area contributed by atoms with E-state index in [9.17, 15) is 4.79 Å². The van der Waals surface area contributed by atoms with Crippen LogP contribution in [0.5, 0.6) is 0 Å². The lowest BCUT2D eigenvalue weighted by atomic mass is 10.3. The Bertz CT molecular complexity index is 182. The summed E-state index contributed by atoms with van der Waals surface area (Å²) in [6, 6.07) is 0. The molecule has 1 saturated heterocycles. The quantitative estimate of drug-likeness (QED) is 0.654. The van der Waals surface area contributed by atoms with Gasteiger partial charge in [-0.3, -0.25) is 10.1 Å². The number of amides is 1. The minimum atomic E-state index is 0.217. The van der Waals surface area contributed by atoms with Gasteiger partial charge in [0.25, 0.3) is 0 Å². The van der Waals surface area contributed by atoms with Gasteiger partial charge in [-0.1, -0.05) is 0 Å². The molecule has 1 aliphatic heterocycles. The van der Waals surface area contributed by atoms with Crippen molar-refractivity contribution >= 4 is 5.91 Å². The lowest BCUT2D eigenvalue weighted by Gasteiger charge is -2.21. The van der Waals surface area contributed by atoms with Gasteiger partial charge in [0.15, 0.2) is 0 Å². The van der Waals surface area contributed by atoms with E-state index in [0.717, 1.165) is 19.5 Å². The third kappa shape index (κ3) is 2.97. The first-order valence-electron chi connectivity index (χ1n) is 4.79. The fourth-order valence-electron chi connectivity index (χ4n) is 1.54.